The van der Waals surface area contributed by atoms with Crippen LogP contribution >= 0.6 is 0 Å². The maximum absolute atomic E-state index is 13.1. The number of nitrogens with zero attached hydrogens (tertiary/aromatic N) is 1. The SMILES string of the molecule is CC(=O)c1cccc(NC(=O)C(OC(=O)c2n[nH]c3ccccc23)c2ccccc2)c1. The lowest BCUT2D eigenvalue weighted by molar-refractivity contribution is -0.125. The second-order valence-electron chi connectivity index (χ2n) is 6.94. The minimum Gasteiger partial charge on any atom is -0.442 e. The summed E-state index contributed by atoms with van der Waals surface area (Å²) in [6.45, 7) is 1.45. The molecule has 0 aliphatic rings. The highest BCUT2D eigenvalue weighted by atomic mass is 16.5. The van der Waals surface area contributed by atoms with Gasteiger partial charge in [0, 0.05) is 22.2 Å². The van der Waals surface area contributed by atoms with Crippen molar-refractivity contribution in [3.8, 4) is 0 Å². The smallest absolute Gasteiger partial charge is 0.360 e. The van der Waals surface area contributed by atoms with Crippen LogP contribution in [0.1, 0.15) is 39.4 Å². The Labute approximate surface area is 178 Å². The van der Waals surface area contributed by atoms with Crippen molar-refractivity contribution in [1.82, 2.24) is 10.2 Å². The first-order valence-corrected chi connectivity index (χ1v) is 9.64. The quantitative estimate of drug-likeness (QED) is 0.362. The molecular weight excluding hydrogens is 394 g/mol. The van der Waals surface area contributed by atoms with Gasteiger partial charge in [-0.2, -0.15) is 5.10 Å². The van der Waals surface area contributed by atoms with Crippen molar-refractivity contribution >= 4 is 34.3 Å². The maximum atomic E-state index is 13.1. The summed E-state index contributed by atoms with van der Waals surface area (Å²) < 4.78 is 5.60. The number of hydrogen-bond donors (Lipinski definition) is 2. The van der Waals surface area contributed by atoms with Crippen molar-refractivity contribution in [2.75, 3.05) is 5.32 Å². The molecule has 1 atom stereocenters. The summed E-state index contributed by atoms with van der Waals surface area (Å²) >= 11 is 0. The number of amides is 1. The van der Waals surface area contributed by atoms with E-state index in [2.05, 4.69) is 15.5 Å². The maximum Gasteiger partial charge on any atom is 0.360 e. The molecular formula is C24H19N3O4. The Morgan fingerprint density at radius 3 is 2.45 bits per heavy atom. The van der Waals surface area contributed by atoms with E-state index in [1.54, 1.807) is 72.8 Å². The number of H-pyrrole nitrogens is 1. The number of rotatable bonds is 6. The summed E-state index contributed by atoms with van der Waals surface area (Å²) in [4.78, 5) is 37.6. The topological polar surface area (TPSA) is 101 Å². The standard InChI is InChI=1S/C24H19N3O4/c1-15(28)17-10-7-11-18(14-17)25-23(29)22(16-8-3-2-4-9-16)31-24(30)21-19-12-5-6-13-20(19)26-27-21/h2-14,22H,1H3,(H,25,29)(H,26,27). The number of fused-ring (bicyclic) bond motifs is 1. The predicted octanol–water partition coefficient (Wildman–Crippen LogP) is 4.30. The van der Waals surface area contributed by atoms with Gasteiger partial charge in [0.05, 0.1) is 5.52 Å². The first-order chi connectivity index (χ1) is 15.0. The van der Waals surface area contributed by atoms with E-state index in [9.17, 15) is 14.4 Å². The van der Waals surface area contributed by atoms with Crippen molar-refractivity contribution in [3.63, 3.8) is 0 Å². The van der Waals surface area contributed by atoms with E-state index >= 15 is 0 Å². The fourth-order valence-electron chi connectivity index (χ4n) is 3.21. The molecule has 0 radical (unpaired) electrons. The summed E-state index contributed by atoms with van der Waals surface area (Å²) in [6, 6.07) is 22.4. The molecule has 0 aliphatic carbocycles. The molecule has 0 fully saturated rings. The van der Waals surface area contributed by atoms with Crippen LogP contribution in [0, 0.1) is 0 Å². The number of aromatic nitrogens is 2. The van der Waals surface area contributed by atoms with Crippen LogP contribution in [-0.2, 0) is 9.53 Å². The molecule has 2 N–H and O–H groups in total. The van der Waals surface area contributed by atoms with E-state index in [4.69, 9.17) is 4.74 Å². The van der Waals surface area contributed by atoms with Gasteiger partial charge in [-0.05, 0) is 25.1 Å². The van der Waals surface area contributed by atoms with Crippen LogP contribution in [0.3, 0.4) is 0 Å². The predicted molar refractivity (Wildman–Crippen MR) is 116 cm³/mol. The van der Waals surface area contributed by atoms with Crippen LogP contribution in [0.2, 0.25) is 0 Å². The number of aromatic amines is 1. The van der Waals surface area contributed by atoms with E-state index in [0.717, 1.165) is 0 Å². The normalized spacial score (nSPS) is 11.6. The molecule has 7 heteroatoms. The number of ether oxygens (including phenoxy) is 1. The van der Waals surface area contributed by atoms with E-state index < -0.39 is 18.0 Å². The Bertz CT molecular complexity index is 1260. The number of carbonyl (C=O) groups is 3. The molecule has 7 nitrogen and oxygen atoms in total. The van der Waals surface area contributed by atoms with Crippen LogP contribution in [-0.4, -0.2) is 27.9 Å². The highest BCUT2D eigenvalue weighted by molar-refractivity contribution is 6.04. The Kier molecular flexibility index (Phi) is 5.57. The molecule has 0 bridgehead atoms. The zero-order valence-corrected chi connectivity index (χ0v) is 16.7. The van der Waals surface area contributed by atoms with Crippen LogP contribution < -0.4 is 5.32 Å². The van der Waals surface area contributed by atoms with Crippen LogP contribution in [0.5, 0.6) is 0 Å². The third-order valence-electron chi connectivity index (χ3n) is 4.77. The third-order valence-corrected chi connectivity index (χ3v) is 4.77. The second-order valence-corrected chi connectivity index (χ2v) is 6.94. The average Bonchev–Trinajstić information content (AvgIpc) is 3.22. The Morgan fingerprint density at radius 1 is 0.935 bits per heavy atom. The summed E-state index contributed by atoms with van der Waals surface area (Å²) in [5.41, 5.74) is 2.20. The van der Waals surface area contributed by atoms with Crippen LogP contribution in [0.15, 0.2) is 78.9 Å². The molecule has 154 valence electrons. The fraction of sp³-hybridized carbons (Fsp3) is 0.0833. The lowest BCUT2D eigenvalue weighted by Gasteiger charge is -2.18. The molecule has 1 amide bonds. The molecule has 1 unspecified atom stereocenters. The molecule has 0 saturated carbocycles. The molecule has 1 heterocycles. The van der Waals surface area contributed by atoms with Gasteiger partial charge in [-0.3, -0.25) is 14.7 Å². The zero-order chi connectivity index (χ0) is 21.8. The molecule has 4 rings (SSSR count). The van der Waals surface area contributed by atoms with Crippen LogP contribution in [0.25, 0.3) is 10.9 Å². The molecule has 4 aromatic rings. The number of hydrogen-bond acceptors (Lipinski definition) is 5. The van der Waals surface area contributed by atoms with Gasteiger partial charge in [0.1, 0.15) is 0 Å². The summed E-state index contributed by atoms with van der Waals surface area (Å²) in [6.07, 6.45) is -1.20. The molecule has 1 aromatic heterocycles. The van der Waals surface area contributed by atoms with Crippen molar-refractivity contribution < 1.29 is 19.1 Å². The van der Waals surface area contributed by atoms with Gasteiger partial charge in [0.15, 0.2) is 11.5 Å². The van der Waals surface area contributed by atoms with E-state index in [1.165, 1.54) is 6.92 Å². The number of Topliss-reactive ketones (excluding diaryl/α,β-unsaturated/α-hetero) is 1. The van der Waals surface area contributed by atoms with Gasteiger partial charge in [0.2, 0.25) is 6.10 Å². The Balaban J connectivity index is 1.62. The highest BCUT2D eigenvalue weighted by Crippen LogP contribution is 2.24. The number of anilines is 1. The summed E-state index contributed by atoms with van der Waals surface area (Å²) in [5.74, 6) is -1.38. The van der Waals surface area contributed by atoms with E-state index in [-0.39, 0.29) is 11.5 Å². The summed E-state index contributed by atoms with van der Waals surface area (Å²) in [5, 5.41) is 10.2. The molecule has 0 saturated heterocycles. The average molecular weight is 413 g/mol. The fourth-order valence-corrected chi connectivity index (χ4v) is 3.21. The number of nitrogens with one attached hydrogen (secondary N) is 2. The van der Waals surface area contributed by atoms with Crippen molar-refractivity contribution in [3.05, 3.63) is 95.7 Å². The van der Waals surface area contributed by atoms with Gasteiger partial charge in [-0.15, -0.1) is 0 Å². The Hall–Kier alpha value is -4.26. The van der Waals surface area contributed by atoms with Gasteiger partial charge < -0.3 is 10.1 Å². The number of benzene rings is 3. The van der Waals surface area contributed by atoms with Crippen LogP contribution in [0.4, 0.5) is 5.69 Å². The van der Waals surface area contributed by atoms with E-state index in [1.807, 2.05) is 6.07 Å². The number of esters is 1. The minimum absolute atomic E-state index is 0.0999. The number of ketones is 1. The molecule has 31 heavy (non-hydrogen) atoms. The largest absolute Gasteiger partial charge is 0.442 e. The zero-order valence-electron chi connectivity index (χ0n) is 16.7. The van der Waals surface area contributed by atoms with Crippen molar-refractivity contribution in [1.29, 1.82) is 0 Å². The number of para-hydroxylation sites is 1. The van der Waals surface area contributed by atoms with Crippen molar-refractivity contribution in [2.45, 2.75) is 13.0 Å². The van der Waals surface area contributed by atoms with Crippen molar-refractivity contribution in [2.24, 2.45) is 0 Å². The lowest BCUT2D eigenvalue weighted by Crippen LogP contribution is -2.26. The molecule has 0 spiro atoms. The minimum atomic E-state index is -1.20. The highest BCUT2D eigenvalue weighted by Gasteiger charge is 2.27. The first kappa shape index (κ1) is 20.0. The second kappa shape index (κ2) is 8.62. The molecule has 0 aliphatic heterocycles. The molecule has 3 aromatic carbocycles. The van der Waals surface area contributed by atoms with Gasteiger partial charge in [0.25, 0.3) is 5.91 Å². The number of carbonyl (C=O) groups excluding carboxylic acids is 3. The van der Waals surface area contributed by atoms with Gasteiger partial charge in [-0.1, -0.05) is 60.7 Å². The van der Waals surface area contributed by atoms with Gasteiger partial charge >= 0.3 is 5.97 Å². The van der Waals surface area contributed by atoms with Gasteiger partial charge in [-0.25, -0.2) is 4.79 Å². The monoisotopic (exact) mass is 413 g/mol. The lowest BCUT2D eigenvalue weighted by atomic mass is 10.1. The Morgan fingerprint density at radius 2 is 1.68 bits per heavy atom. The van der Waals surface area contributed by atoms with E-state index in [0.29, 0.717) is 27.7 Å². The first-order valence-electron chi connectivity index (χ1n) is 9.64. The summed E-state index contributed by atoms with van der Waals surface area (Å²) in [7, 11) is 0. The third kappa shape index (κ3) is 4.35.